The van der Waals surface area contributed by atoms with E-state index >= 15 is 0 Å². The topological polar surface area (TPSA) is 44.9 Å². The minimum atomic E-state index is -0.0299. The van der Waals surface area contributed by atoms with Crippen LogP contribution in [0.1, 0.15) is 27.3 Å². The fourth-order valence-electron chi connectivity index (χ4n) is 2.92. The van der Waals surface area contributed by atoms with Crippen molar-refractivity contribution < 1.29 is 4.79 Å². The number of hydrogen-bond acceptors (Lipinski definition) is 1. The van der Waals surface area contributed by atoms with E-state index in [1.807, 2.05) is 61.5 Å². The van der Waals surface area contributed by atoms with Crippen molar-refractivity contribution in [3.63, 3.8) is 0 Å². The third kappa shape index (κ3) is 3.74. The lowest BCUT2D eigenvalue weighted by Gasteiger charge is -2.07. The minimum Gasteiger partial charge on any atom is -0.362 e. The van der Waals surface area contributed by atoms with E-state index in [1.54, 1.807) is 0 Å². The van der Waals surface area contributed by atoms with Gasteiger partial charge in [-0.25, -0.2) is 0 Å². The smallest absolute Gasteiger partial charge is 0.251 e. The lowest BCUT2D eigenvalue weighted by atomic mass is 10.0. The lowest BCUT2D eigenvalue weighted by Crippen LogP contribution is -2.25. The molecule has 3 rings (SSSR count). The third-order valence-electron chi connectivity index (χ3n) is 4.17. The van der Waals surface area contributed by atoms with Crippen molar-refractivity contribution in [3.05, 3.63) is 83.2 Å². The predicted octanol–water partition coefficient (Wildman–Crippen LogP) is 4.27. The van der Waals surface area contributed by atoms with E-state index in [2.05, 4.69) is 23.3 Å². The molecule has 0 radical (unpaired) electrons. The molecule has 0 bridgehead atoms. The highest BCUT2D eigenvalue weighted by Gasteiger charge is 2.08. The molecule has 0 saturated carbocycles. The van der Waals surface area contributed by atoms with Gasteiger partial charge in [-0.2, -0.15) is 0 Å². The number of carbonyl (C=O) groups excluding carboxylic acids is 1. The summed E-state index contributed by atoms with van der Waals surface area (Å²) in [6.45, 7) is 4.74. The number of nitrogens with one attached hydrogen (secondary N) is 2. The third-order valence-corrected chi connectivity index (χ3v) is 4.17. The summed E-state index contributed by atoms with van der Waals surface area (Å²) in [5, 5.41) is 3.01. The van der Waals surface area contributed by atoms with Crippen molar-refractivity contribution in [2.75, 3.05) is 6.54 Å². The van der Waals surface area contributed by atoms with Gasteiger partial charge in [0.2, 0.25) is 0 Å². The Morgan fingerprint density at radius 2 is 1.71 bits per heavy atom. The van der Waals surface area contributed by atoms with Gasteiger partial charge < -0.3 is 10.3 Å². The molecule has 24 heavy (non-hydrogen) atoms. The Morgan fingerprint density at radius 3 is 2.42 bits per heavy atom. The van der Waals surface area contributed by atoms with E-state index < -0.39 is 0 Å². The number of rotatable bonds is 5. The molecule has 0 saturated heterocycles. The number of benzene rings is 2. The molecular weight excluding hydrogens is 296 g/mol. The highest BCUT2D eigenvalue weighted by molar-refractivity contribution is 5.95. The molecule has 0 fully saturated rings. The van der Waals surface area contributed by atoms with Crippen molar-refractivity contribution in [3.8, 4) is 11.1 Å². The van der Waals surface area contributed by atoms with Gasteiger partial charge in [-0.1, -0.05) is 42.5 Å². The normalized spacial score (nSPS) is 10.6. The zero-order valence-corrected chi connectivity index (χ0v) is 14.1. The quantitative estimate of drug-likeness (QED) is 0.725. The van der Waals surface area contributed by atoms with E-state index in [0.717, 1.165) is 23.2 Å². The van der Waals surface area contributed by atoms with Crippen LogP contribution in [-0.2, 0) is 6.42 Å². The summed E-state index contributed by atoms with van der Waals surface area (Å²) < 4.78 is 0. The summed E-state index contributed by atoms with van der Waals surface area (Å²) in [6, 6.07) is 20.0. The molecule has 0 atom stereocenters. The molecular formula is C21H22N2O. The average Bonchev–Trinajstić information content (AvgIpc) is 2.93. The summed E-state index contributed by atoms with van der Waals surface area (Å²) in [5.41, 5.74) is 6.45. The Hall–Kier alpha value is -2.81. The van der Waals surface area contributed by atoms with Crippen molar-refractivity contribution in [2.45, 2.75) is 20.3 Å². The van der Waals surface area contributed by atoms with Gasteiger partial charge in [-0.3, -0.25) is 4.79 Å². The van der Waals surface area contributed by atoms with Crippen LogP contribution in [0.4, 0.5) is 0 Å². The number of aromatic amines is 1. The van der Waals surface area contributed by atoms with E-state index in [4.69, 9.17) is 0 Å². The predicted molar refractivity (Wildman–Crippen MR) is 98.2 cm³/mol. The van der Waals surface area contributed by atoms with Gasteiger partial charge in [0.05, 0.1) is 0 Å². The average molecular weight is 318 g/mol. The first-order chi connectivity index (χ1) is 11.6. The maximum atomic E-state index is 12.4. The van der Waals surface area contributed by atoms with Crippen LogP contribution in [0.3, 0.4) is 0 Å². The number of hydrogen-bond donors (Lipinski definition) is 2. The highest BCUT2D eigenvalue weighted by Crippen LogP contribution is 2.20. The summed E-state index contributed by atoms with van der Waals surface area (Å²) >= 11 is 0. The van der Waals surface area contributed by atoms with Gasteiger partial charge in [0, 0.05) is 23.5 Å². The number of H-pyrrole nitrogens is 1. The van der Waals surface area contributed by atoms with Crippen LogP contribution < -0.4 is 5.32 Å². The second kappa shape index (κ2) is 7.18. The number of aromatic nitrogens is 1. The molecule has 3 aromatic rings. The number of carbonyl (C=O) groups is 1. The van der Waals surface area contributed by atoms with Crippen molar-refractivity contribution in [1.29, 1.82) is 0 Å². The second-order valence-electron chi connectivity index (χ2n) is 6.06. The number of amides is 1. The van der Waals surface area contributed by atoms with Crippen LogP contribution in [0.15, 0.2) is 60.7 Å². The van der Waals surface area contributed by atoms with Gasteiger partial charge in [0.25, 0.3) is 5.91 Å². The number of aryl methyl sites for hydroxylation is 2. The Balaban J connectivity index is 1.64. The molecule has 0 aliphatic rings. The van der Waals surface area contributed by atoms with Gasteiger partial charge in [-0.15, -0.1) is 0 Å². The molecule has 1 heterocycles. The van der Waals surface area contributed by atoms with Crippen LogP contribution in [0, 0.1) is 13.8 Å². The van der Waals surface area contributed by atoms with Crippen molar-refractivity contribution in [1.82, 2.24) is 10.3 Å². The lowest BCUT2D eigenvalue weighted by molar-refractivity contribution is 0.0954. The fraction of sp³-hybridized carbons (Fsp3) is 0.190. The van der Waals surface area contributed by atoms with Crippen LogP contribution in [-0.4, -0.2) is 17.4 Å². The van der Waals surface area contributed by atoms with Crippen molar-refractivity contribution in [2.24, 2.45) is 0 Å². The van der Waals surface area contributed by atoms with E-state index in [0.29, 0.717) is 12.1 Å². The zero-order valence-electron chi connectivity index (χ0n) is 14.1. The molecule has 0 aliphatic carbocycles. The molecule has 1 aromatic heterocycles. The largest absolute Gasteiger partial charge is 0.362 e. The van der Waals surface area contributed by atoms with E-state index in [-0.39, 0.29) is 5.91 Å². The van der Waals surface area contributed by atoms with Gasteiger partial charge in [0.15, 0.2) is 0 Å². The first-order valence-corrected chi connectivity index (χ1v) is 8.22. The monoisotopic (exact) mass is 318 g/mol. The second-order valence-corrected chi connectivity index (χ2v) is 6.06. The molecule has 2 aromatic carbocycles. The molecule has 122 valence electrons. The standard InChI is InChI=1S/C21H22N2O/c1-15-13-18(16(2)23-15)11-12-22-21(24)20-10-6-9-19(14-20)17-7-4-3-5-8-17/h3-10,13-14,23H,11-12H2,1-2H3,(H,22,24). The SMILES string of the molecule is Cc1cc(CCNC(=O)c2cccc(-c3ccccc3)c2)c(C)[nH]1. The van der Waals surface area contributed by atoms with Crippen LogP contribution >= 0.6 is 0 Å². The van der Waals surface area contributed by atoms with E-state index in [9.17, 15) is 4.79 Å². The Morgan fingerprint density at radius 1 is 0.958 bits per heavy atom. The Bertz CT molecular complexity index is 834. The minimum absolute atomic E-state index is 0.0299. The summed E-state index contributed by atoms with van der Waals surface area (Å²) in [5.74, 6) is -0.0299. The maximum absolute atomic E-state index is 12.4. The van der Waals surface area contributed by atoms with Gasteiger partial charge >= 0.3 is 0 Å². The highest BCUT2D eigenvalue weighted by atomic mass is 16.1. The molecule has 0 spiro atoms. The van der Waals surface area contributed by atoms with Crippen LogP contribution in [0.25, 0.3) is 11.1 Å². The summed E-state index contributed by atoms with van der Waals surface area (Å²) in [4.78, 5) is 15.7. The fourth-order valence-corrected chi connectivity index (χ4v) is 2.92. The van der Waals surface area contributed by atoms with Gasteiger partial charge in [0.1, 0.15) is 0 Å². The van der Waals surface area contributed by atoms with Crippen LogP contribution in [0.2, 0.25) is 0 Å². The maximum Gasteiger partial charge on any atom is 0.251 e. The zero-order chi connectivity index (χ0) is 16.9. The molecule has 1 amide bonds. The Labute approximate surface area is 142 Å². The molecule has 2 N–H and O–H groups in total. The molecule has 3 nitrogen and oxygen atoms in total. The van der Waals surface area contributed by atoms with Crippen LogP contribution in [0.5, 0.6) is 0 Å². The van der Waals surface area contributed by atoms with E-state index in [1.165, 1.54) is 11.3 Å². The van der Waals surface area contributed by atoms with Gasteiger partial charge in [-0.05, 0) is 55.2 Å². The first kappa shape index (κ1) is 16.1. The Kier molecular flexibility index (Phi) is 4.80. The molecule has 3 heteroatoms. The van der Waals surface area contributed by atoms with Crippen molar-refractivity contribution >= 4 is 5.91 Å². The first-order valence-electron chi connectivity index (χ1n) is 8.22. The summed E-state index contributed by atoms with van der Waals surface area (Å²) in [6.07, 6.45) is 0.834. The molecule has 0 aliphatic heterocycles. The summed E-state index contributed by atoms with van der Waals surface area (Å²) in [7, 11) is 0. The molecule has 0 unspecified atom stereocenters.